The molecule has 0 amide bonds. The summed E-state index contributed by atoms with van der Waals surface area (Å²) in [6.07, 6.45) is 1.88. The highest BCUT2D eigenvalue weighted by Gasteiger charge is 2.24. The summed E-state index contributed by atoms with van der Waals surface area (Å²) in [5.41, 5.74) is -0.191. The van der Waals surface area contributed by atoms with Gasteiger partial charge in [-0.25, -0.2) is 0 Å². The molecule has 0 aliphatic carbocycles. The highest BCUT2D eigenvalue weighted by atomic mass is 16.3. The van der Waals surface area contributed by atoms with Crippen molar-refractivity contribution in [1.29, 1.82) is 5.26 Å². The molecule has 1 fully saturated rings. The zero-order chi connectivity index (χ0) is 9.90. The third-order valence-electron chi connectivity index (χ3n) is 2.52. The minimum atomic E-state index is -0.191. The highest BCUT2D eigenvalue weighted by Crippen LogP contribution is 2.21. The van der Waals surface area contributed by atoms with Gasteiger partial charge < -0.3 is 5.11 Å². The van der Waals surface area contributed by atoms with Gasteiger partial charge >= 0.3 is 0 Å². The van der Waals surface area contributed by atoms with Gasteiger partial charge in [-0.15, -0.1) is 0 Å². The summed E-state index contributed by atoms with van der Waals surface area (Å²) in [6, 6.07) is 2.29. The maximum Gasteiger partial charge on any atom is 0.0793 e. The fourth-order valence-corrected chi connectivity index (χ4v) is 1.53. The van der Waals surface area contributed by atoms with Gasteiger partial charge in [0.25, 0.3) is 0 Å². The predicted molar refractivity (Wildman–Crippen MR) is 51.1 cm³/mol. The summed E-state index contributed by atoms with van der Waals surface area (Å²) < 4.78 is 0. The lowest BCUT2D eigenvalue weighted by atomic mass is 9.89. The SMILES string of the molecule is CC(C)(C#N)CCCN1CC(O)C1. The smallest absolute Gasteiger partial charge is 0.0793 e. The molecule has 0 atom stereocenters. The average Bonchev–Trinajstić information content (AvgIpc) is 2.01. The molecule has 3 heteroatoms. The summed E-state index contributed by atoms with van der Waals surface area (Å²) in [4.78, 5) is 2.22. The fraction of sp³-hybridized carbons (Fsp3) is 0.900. The first-order valence-electron chi connectivity index (χ1n) is 4.85. The highest BCUT2D eigenvalue weighted by molar-refractivity contribution is 4.91. The zero-order valence-electron chi connectivity index (χ0n) is 8.45. The number of β-amino-alcohol motifs (C(OH)–C–C–N with tert-alkyl or cyclic N) is 1. The Labute approximate surface area is 80.0 Å². The lowest BCUT2D eigenvalue weighted by Gasteiger charge is -2.36. The van der Waals surface area contributed by atoms with Gasteiger partial charge in [-0.05, 0) is 33.2 Å². The van der Waals surface area contributed by atoms with Crippen LogP contribution in [-0.2, 0) is 0 Å². The van der Waals surface area contributed by atoms with Crippen molar-refractivity contribution in [3.05, 3.63) is 0 Å². The number of aliphatic hydroxyl groups excluding tert-OH is 1. The van der Waals surface area contributed by atoms with Gasteiger partial charge in [0.15, 0.2) is 0 Å². The van der Waals surface area contributed by atoms with Gasteiger partial charge in [-0.1, -0.05) is 0 Å². The standard InChI is InChI=1S/C10H18N2O/c1-10(2,8-11)4-3-5-12-6-9(13)7-12/h9,13H,3-7H2,1-2H3. The number of nitrogens with zero attached hydrogens (tertiary/aromatic N) is 2. The second-order valence-electron chi connectivity index (χ2n) is 4.51. The zero-order valence-corrected chi connectivity index (χ0v) is 8.45. The molecule has 1 N–H and O–H groups in total. The minimum Gasteiger partial charge on any atom is -0.390 e. The molecule has 0 aromatic rings. The average molecular weight is 182 g/mol. The summed E-state index contributed by atoms with van der Waals surface area (Å²) in [5, 5.41) is 17.8. The van der Waals surface area contributed by atoms with Crippen LogP contribution in [0.3, 0.4) is 0 Å². The Balaban J connectivity index is 2.05. The summed E-state index contributed by atoms with van der Waals surface area (Å²) in [7, 11) is 0. The van der Waals surface area contributed by atoms with Crippen molar-refractivity contribution in [2.24, 2.45) is 5.41 Å². The molecular formula is C10H18N2O. The Morgan fingerprint density at radius 3 is 2.62 bits per heavy atom. The second kappa shape index (κ2) is 4.08. The summed E-state index contributed by atoms with van der Waals surface area (Å²) in [6.45, 7) is 6.58. The quantitative estimate of drug-likeness (QED) is 0.705. The minimum absolute atomic E-state index is 0.107. The number of rotatable bonds is 4. The van der Waals surface area contributed by atoms with E-state index in [2.05, 4.69) is 11.0 Å². The third kappa shape index (κ3) is 3.33. The first-order chi connectivity index (χ1) is 6.03. The molecule has 74 valence electrons. The van der Waals surface area contributed by atoms with Crippen molar-refractivity contribution in [3.63, 3.8) is 0 Å². The van der Waals surface area contributed by atoms with Crippen LogP contribution in [0.4, 0.5) is 0 Å². The molecule has 1 heterocycles. The maximum atomic E-state index is 9.03. The topological polar surface area (TPSA) is 47.3 Å². The van der Waals surface area contributed by atoms with Crippen LogP contribution >= 0.6 is 0 Å². The molecule has 0 aromatic heterocycles. The van der Waals surface area contributed by atoms with E-state index in [1.165, 1.54) is 0 Å². The van der Waals surface area contributed by atoms with E-state index in [1.807, 2.05) is 13.8 Å². The van der Waals surface area contributed by atoms with Gasteiger partial charge in [0.05, 0.1) is 17.6 Å². The number of likely N-dealkylation sites (tertiary alicyclic amines) is 1. The maximum absolute atomic E-state index is 9.03. The van der Waals surface area contributed by atoms with Crippen LogP contribution in [-0.4, -0.2) is 35.7 Å². The molecule has 1 saturated heterocycles. The van der Waals surface area contributed by atoms with Gasteiger partial charge in [-0.3, -0.25) is 4.90 Å². The van der Waals surface area contributed by atoms with E-state index in [-0.39, 0.29) is 11.5 Å². The molecule has 1 rings (SSSR count). The lowest BCUT2D eigenvalue weighted by Crippen LogP contribution is -2.50. The van der Waals surface area contributed by atoms with Crippen molar-refractivity contribution < 1.29 is 5.11 Å². The Morgan fingerprint density at radius 2 is 2.15 bits per heavy atom. The molecule has 0 spiro atoms. The van der Waals surface area contributed by atoms with E-state index in [9.17, 15) is 0 Å². The molecule has 1 aliphatic rings. The molecule has 0 unspecified atom stereocenters. The predicted octanol–water partition coefficient (Wildman–Crippen LogP) is 0.993. The Hall–Kier alpha value is -0.590. The third-order valence-corrected chi connectivity index (χ3v) is 2.52. The second-order valence-corrected chi connectivity index (χ2v) is 4.51. The van der Waals surface area contributed by atoms with Crippen LogP contribution in [0.15, 0.2) is 0 Å². The van der Waals surface area contributed by atoms with Crippen molar-refractivity contribution in [2.75, 3.05) is 19.6 Å². The van der Waals surface area contributed by atoms with Crippen LogP contribution in [0.1, 0.15) is 26.7 Å². The van der Waals surface area contributed by atoms with E-state index in [0.717, 1.165) is 32.5 Å². The summed E-state index contributed by atoms with van der Waals surface area (Å²) >= 11 is 0. The van der Waals surface area contributed by atoms with Crippen LogP contribution in [0, 0.1) is 16.7 Å². The largest absolute Gasteiger partial charge is 0.390 e. The first kappa shape index (κ1) is 10.5. The van der Waals surface area contributed by atoms with Crippen LogP contribution < -0.4 is 0 Å². The Morgan fingerprint density at radius 1 is 1.54 bits per heavy atom. The van der Waals surface area contributed by atoms with Gasteiger partial charge in [-0.2, -0.15) is 5.26 Å². The van der Waals surface area contributed by atoms with E-state index in [0.29, 0.717) is 0 Å². The van der Waals surface area contributed by atoms with Crippen LogP contribution in [0.2, 0.25) is 0 Å². The number of hydrogen-bond donors (Lipinski definition) is 1. The van der Waals surface area contributed by atoms with Gasteiger partial charge in [0.1, 0.15) is 0 Å². The van der Waals surface area contributed by atoms with Gasteiger partial charge in [0.2, 0.25) is 0 Å². The van der Waals surface area contributed by atoms with E-state index in [4.69, 9.17) is 10.4 Å². The van der Waals surface area contributed by atoms with Crippen molar-refractivity contribution in [2.45, 2.75) is 32.8 Å². The number of aliphatic hydroxyl groups is 1. The Kier molecular flexibility index (Phi) is 3.29. The molecule has 3 nitrogen and oxygen atoms in total. The van der Waals surface area contributed by atoms with Gasteiger partial charge in [0, 0.05) is 13.1 Å². The molecular weight excluding hydrogens is 164 g/mol. The first-order valence-corrected chi connectivity index (χ1v) is 4.85. The van der Waals surface area contributed by atoms with Crippen LogP contribution in [0.5, 0.6) is 0 Å². The molecule has 0 radical (unpaired) electrons. The monoisotopic (exact) mass is 182 g/mol. The molecule has 0 saturated carbocycles. The molecule has 0 bridgehead atoms. The fourth-order valence-electron chi connectivity index (χ4n) is 1.53. The number of hydrogen-bond acceptors (Lipinski definition) is 3. The lowest BCUT2D eigenvalue weighted by molar-refractivity contribution is 0.000710. The normalized spacial score (nSPS) is 19.5. The van der Waals surface area contributed by atoms with E-state index >= 15 is 0 Å². The van der Waals surface area contributed by atoms with E-state index in [1.54, 1.807) is 0 Å². The number of nitriles is 1. The molecule has 0 aromatic carbocycles. The van der Waals surface area contributed by atoms with Crippen molar-refractivity contribution in [3.8, 4) is 6.07 Å². The molecule has 13 heavy (non-hydrogen) atoms. The van der Waals surface area contributed by atoms with Crippen molar-refractivity contribution in [1.82, 2.24) is 4.90 Å². The van der Waals surface area contributed by atoms with E-state index < -0.39 is 0 Å². The van der Waals surface area contributed by atoms with Crippen LogP contribution in [0.25, 0.3) is 0 Å². The van der Waals surface area contributed by atoms with Crippen molar-refractivity contribution >= 4 is 0 Å². The Bertz CT molecular complexity index is 201. The molecule has 1 aliphatic heterocycles. The summed E-state index contributed by atoms with van der Waals surface area (Å²) in [5.74, 6) is 0.